The number of benzene rings is 2. The summed E-state index contributed by atoms with van der Waals surface area (Å²) in [5.74, 6) is -0.0791. The average molecular weight is 516 g/mol. The maximum absolute atomic E-state index is 13.4. The van der Waals surface area contributed by atoms with Gasteiger partial charge in [-0.2, -0.15) is 0 Å². The minimum Gasteiger partial charge on any atom is -0.354 e. The van der Waals surface area contributed by atoms with Crippen LogP contribution in [0, 0.1) is 26.7 Å². The van der Waals surface area contributed by atoms with Crippen LogP contribution in [0.15, 0.2) is 42.5 Å². The third kappa shape index (κ3) is 8.97. The smallest absolute Gasteiger partial charge is 0.242 e. The van der Waals surface area contributed by atoms with Crippen LogP contribution in [-0.2, 0) is 26.2 Å². The second kappa shape index (κ2) is 12.9. The lowest BCUT2D eigenvalue weighted by Gasteiger charge is -2.30. The zero-order chi connectivity index (χ0) is 27.0. The van der Waals surface area contributed by atoms with Crippen LogP contribution in [0.3, 0.4) is 0 Å². The summed E-state index contributed by atoms with van der Waals surface area (Å²) in [6.45, 7) is 12.6. The second-order valence-corrected chi connectivity index (χ2v) is 12.0. The highest BCUT2D eigenvalue weighted by atomic mass is 32.2. The highest BCUT2D eigenvalue weighted by Gasteiger charge is 2.26. The number of rotatable bonds is 12. The fraction of sp³-hybridized carbons (Fsp3) is 0.500. The van der Waals surface area contributed by atoms with Gasteiger partial charge in [-0.3, -0.25) is 13.9 Å². The van der Waals surface area contributed by atoms with E-state index in [4.69, 9.17) is 0 Å². The van der Waals surface area contributed by atoms with Crippen molar-refractivity contribution in [2.75, 3.05) is 23.7 Å². The molecule has 0 heterocycles. The number of anilines is 1. The Labute approximate surface area is 216 Å². The summed E-state index contributed by atoms with van der Waals surface area (Å²) in [5.41, 5.74) is 4.56. The topological polar surface area (TPSA) is 86.8 Å². The summed E-state index contributed by atoms with van der Waals surface area (Å²) in [5, 5.41) is 2.92. The summed E-state index contributed by atoms with van der Waals surface area (Å²) < 4.78 is 26.4. The first-order chi connectivity index (χ1) is 16.8. The Morgan fingerprint density at radius 3 is 2.14 bits per heavy atom. The third-order valence-electron chi connectivity index (χ3n) is 5.93. The molecule has 0 aliphatic heterocycles. The molecule has 1 N–H and O–H groups in total. The largest absolute Gasteiger partial charge is 0.354 e. The van der Waals surface area contributed by atoms with Crippen LogP contribution >= 0.6 is 0 Å². The number of amides is 2. The maximum atomic E-state index is 13.4. The van der Waals surface area contributed by atoms with Crippen LogP contribution in [0.2, 0.25) is 0 Å². The van der Waals surface area contributed by atoms with Gasteiger partial charge in [0, 0.05) is 26.1 Å². The van der Waals surface area contributed by atoms with Gasteiger partial charge in [0.1, 0.15) is 6.04 Å². The summed E-state index contributed by atoms with van der Waals surface area (Å²) in [6.07, 6.45) is 1.64. The van der Waals surface area contributed by atoms with Crippen LogP contribution in [0.1, 0.15) is 55.9 Å². The number of aryl methyl sites for hydroxylation is 3. The van der Waals surface area contributed by atoms with E-state index in [9.17, 15) is 18.0 Å². The molecular formula is C28H41N3O4S. The lowest BCUT2D eigenvalue weighted by Crippen LogP contribution is -2.48. The first-order valence-electron chi connectivity index (χ1n) is 12.5. The van der Waals surface area contributed by atoms with Crippen LogP contribution in [0.5, 0.6) is 0 Å². The maximum Gasteiger partial charge on any atom is 0.242 e. The Morgan fingerprint density at radius 1 is 0.944 bits per heavy atom. The Morgan fingerprint density at radius 2 is 1.58 bits per heavy atom. The lowest BCUT2D eigenvalue weighted by molar-refractivity contribution is -0.140. The third-order valence-corrected chi connectivity index (χ3v) is 7.13. The van der Waals surface area contributed by atoms with Crippen molar-refractivity contribution in [1.29, 1.82) is 0 Å². The number of nitrogens with zero attached hydrogens (tertiary/aromatic N) is 2. The highest BCUT2D eigenvalue weighted by Crippen LogP contribution is 2.22. The molecule has 0 bridgehead atoms. The monoisotopic (exact) mass is 515 g/mol. The molecule has 36 heavy (non-hydrogen) atoms. The molecule has 2 amide bonds. The number of hydrogen-bond donors (Lipinski definition) is 1. The van der Waals surface area contributed by atoms with E-state index in [2.05, 4.69) is 5.32 Å². The van der Waals surface area contributed by atoms with Gasteiger partial charge < -0.3 is 10.2 Å². The van der Waals surface area contributed by atoms with Crippen molar-refractivity contribution in [2.24, 2.45) is 5.92 Å². The van der Waals surface area contributed by atoms with E-state index in [-0.39, 0.29) is 24.8 Å². The first-order valence-corrected chi connectivity index (χ1v) is 14.3. The van der Waals surface area contributed by atoms with Crippen molar-refractivity contribution in [3.05, 3.63) is 64.7 Å². The van der Waals surface area contributed by atoms with Crippen molar-refractivity contribution in [3.8, 4) is 0 Å². The quantitative estimate of drug-likeness (QED) is 0.455. The fourth-order valence-corrected chi connectivity index (χ4v) is 5.09. The number of hydrogen-bond acceptors (Lipinski definition) is 4. The van der Waals surface area contributed by atoms with Crippen molar-refractivity contribution >= 4 is 27.5 Å². The molecule has 0 saturated carbocycles. The SMILES string of the molecule is Cc1cccc(CN(C(=O)CCCN(c2cc(C)cc(C)c2)S(C)(=O)=O)[C@H](C)C(=O)NCC(C)C)c1. The van der Waals surface area contributed by atoms with Crippen LogP contribution < -0.4 is 9.62 Å². The summed E-state index contributed by atoms with van der Waals surface area (Å²) in [6, 6.07) is 12.9. The molecule has 2 rings (SSSR count). The predicted molar refractivity (Wildman–Crippen MR) is 146 cm³/mol. The summed E-state index contributed by atoms with van der Waals surface area (Å²) in [4.78, 5) is 27.8. The van der Waals surface area contributed by atoms with Gasteiger partial charge in [-0.1, -0.05) is 49.7 Å². The Bertz CT molecular complexity index is 1140. The van der Waals surface area contributed by atoms with Crippen LogP contribution in [0.25, 0.3) is 0 Å². The normalized spacial score (nSPS) is 12.3. The van der Waals surface area contributed by atoms with Gasteiger partial charge in [0.25, 0.3) is 0 Å². The fourth-order valence-electron chi connectivity index (χ4n) is 4.14. The van der Waals surface area contributed by atoms with Gasteiger partial charge >= 0.3 is 0 Å². The molecule has 0 fully saturated rings. The van der Waals surface area contributed by atoms with Gasteiger partial charge in [0.15, 0.2) is 0 Å². The van der Waals surface area contributed by atoms with Gasteiger partial charge in [0.05, 0.1) is 11.9 Å². The van der Waals surface area contributed by atoms with Crippen molar-refractivity contribution in [1.82, 2.24) is 10.2 Å². The van der Waals surface area contributed by atoms with E-state index < -0.39 is 16.1 Å². The number of carbonyl (C=O) groups excluding carboxylic acids is 2. The Kier molecular flexibility index (Phi) is 10.5. The number of sulfonamides is 1. The molecule has 0 spiro atoms. The van der Waals surface area contributed by atoms with E-state index in [0.717, 1.165) is 22.3 Å². The van der Waals surface area contributed by atoms with Crippen molar-refractivity contribution in [3.63, 3.8) is 0 Å². The minimum absolute atomic E-state index is 0.129. The molecule has 0 aliphatic rings. The Hall–Kier alpha value is -2.87. The molecule has 2 aromatic rings. The molecule has 1 atom stereocenters. The van der Waals surface area contributed by atoms with Crippen LogP contribution in [0.4, 0.5) is 5.69 Å². The molecule has 0 aliphatic carbocycles. The first kappa shape index (κ1) is 29.4. The van der Waals surface area contributed by atoms with Gasteiger partial charge in [-0.25, -0.2) is 8.42 Å². The summed E-state index contributed by atoms with van der Waals surface area (Å²) in [7, 11) is -3.52. The molecule has 0 radical (unpaired) electrons. The zero-order valence-corrected chi connectivity index (χ0v) is 23.5. The number of nitrogens with one attached hydrogen (secondary N) is 1. The van der Waals surface area contributed by atoms with E-state index in [1.165, 1.54) is 10.6 Å². The average Bonchev–Trinajstić information content (AvgIpc) is 2.76. The lowest BCUT2D eigenvalue weighted by atomic mass is 10.1. The van der Waals surface area contributed by atoms with Gasteiger partial charge in [-0.15, -0.1) is 0 Å². The van der Waals surface area contributed by atoms with E-state index in [0.29, 0.717) is 31.1 Å². The molecular weight excluding hydrogens is 474 g/mol. The number of carbonyl (C=O) groups is 2. The second-order valence-electron chi connectivity index (χ2n) is 10.1. The Balaban J connectivity index is 2.18. The summed E-state index contributed by atoms with van der Waals surface area (Å²) >= 11 is 0. The van der Waals surface area contributed by atoms with E-state index >= 15 is 0 Å². The standard InChI is InChI=1S/C28H41N3O4S/c1-20(2)18-29-28(33)24(6)30(19-25-11-8-10-21(3)15-25)27(32)12-9-13-31(36(7,34)35)26-16-22(4)14-23(5)17-26/h8,10-11,14-17,20,24H,9,12-13,18-19H2,1-7H3,(H,29,33)/t24-/m1/s1. The molecule has 0 unspecified atom stereocenters. The predicted octanol–water partition coefficient (Wildman–Crippen LogP) is 4.35. The van der Waals surface area contributed by atoms with E-state index in [1.807, 2.05) is 77.1 Å². The van der Waals surface area contributed by atoms with Gasteiger partial charge in [0.2, 0.25) is 21.8 Å². The van der Waals surface area contributed by atoms with Gasteiger partial charge in [-0.05, 0) is 68.9 Å². The molecule has 8 heteroatoms. The van der Waals surface area contributed by atoms with Crippen molar-refractivity contribution in [2.45, 2.75) is 67.0 Å². The zero-order valence-electron chi connectivity index (χ0n) is 22.7. The highest BCUT2D eigenvalue weighted by molar-refractivity contribution is 7.92. The molecule has 2 aromatic carbocycles. The molecule has 0 aromatic heterocycles. The van der Waals surface area contributed by atoms with E-state index in [1.54, 1.807) is 11.8 Å². The van der Waals surface area contributed by atoms with Crippen LogP contribution in [-0.4, -0.2) is 50.5 Å². The van der Waals surface area contributed by atoms with Crippen molar-refractivity contribution < 1.29 is 18.0 Å². The minimum atomic E-state index is -3.52. The molecule has 0 saturated heterocycles. The molecule has 7 nitrogen and oxygen atoms in total. The molecule has 198 valence electrons.